The molecule has 0 radical (unpaired) electrons. The van der Waals surface area contributed by atoms with E-state index < -0.39 is 11.6 Å². The molecule has 0 bridgehead atoms. The number of nitrogens with zero attached hydrogens (tertiary/aromatic N) is 2. The Hall–Kier alpha value is -3.15. The summed E-state index contributed by atoms with van der Waals surface area (Å²) in [6, 6.07) is 14.6. The lowest BCUT2D eigenvalue weighted by Crippen LogP contribution is -2.48. The molecule has 0 spiro atoms. The molecule has 2 atom stereocenters. The van der Waals surface area contributed by atoms with Gasteiger partial charge in [-0.2, -0.15) is 5.26 Å². The Labute approximate surface area is 184 Å². The van der Waals surface area contributed by atoms with Crippen LogP contribution in [-0.2, 0) is 10.5 Å². The lowest BCUT2D eigenvalue weighted by Gasteiger charge is -2.38. The minimum Gasteiger partial charge on any atom is -0.497 e. The number of fused-ring (bicyclic) bond motifs is 1. The molecule has 2 aliphatic heterocycles. The van der Waals surface area contributed by atoms with E-state index in [0.717, 1.165) is 0 Å². The number of hydrogen-bond donors (Lipinski definition) is 1. The minimum absolute atomic E-state index is 0.0305. The Morgan fingerprint density at radius 2 is 1.87 bits per heavy atom. The smallest absolute Gasteiger partial charge is 0.231 e. The van der Waals surface area contributed by atoms with Gasteiger partial charge in [0.15, 0.2) is 5.72 Å². The molecular weight excluding hydrogens is 416 g/mol. The van der Waals surface area contributed by atoms with Gasteiger partial charge in [0.25, 0.3) is 0 Å². The summed E-state index contributed by atoms with van der Waals surface area (Å²) < 4.78 is 16.1. The summed E-state index contributed by atoms with van der Waals surface area (Å²) in [7, 11) is 4.65. The summed E-state index contributed by atoms with van der Waals surface area (Å²) in [4.78, 5) is 14.7. The van der Waals surface area contributed by atoms with Gasteiger partial charge in [-0.15, -0.1) is 11.8 Å². The molecule has 4 rings (SSSR count). The van der Waals surface area contributed by atoms with Crippen LogP contribution in [-0.4, -0.2) is 43.0 Å². The zero-order chi connectivity index (χ0) is 22.2. The maximum atomic E-state index is 13.3. The average Bonchev–Trinajstić information content (AvgIpc) is 3.17. The van der Waals surface area contributed by atoms with E-state index in [1.165, 1.54) is 16.7 Å². The van der Waals surface area contributed by atoms with Crippen molar-refractivity contribution < 1.29 is 24.1 Å². The number of amides is 1. The lowest BCUT2D eigenvalue weighted by atomic mass is 9.84. The van der Waals surface area contributed by atoms with Crippen molar-refractivity contribution in [1.82, 2.24) is 4.90 Å². The van der Waals surface area contributed by atoms with Crippen molar-refractivity contribution in [2.75, 3.05) is 27.1 Å². The Morgan fingerprint density at radius 3 is 2.55 bits per heavy atom. The lowest BCUT2D eigenvalue weighted by molar-refractivity contribution is -0.149. The van der Waals surface area contributed by atoms with Crippen LogP contribution in [0.15, 0.2) is 53.1 Å². The fourth-order valence-corrected chi connectivity index (χ4v) is 5.45. The highest BCUT2D eigenvalue weighted by Crippen LogP contribution is 2.53. The van der Waals surface area contributed by atoms with Crippen LogP contribution in [0.5, 0.6) is 17.2 Å². The minimum atomic E-state index is -1.56. The highest BCUT2D eigenvalue weighted by Gasteiger charge is 2.52. The quantitative estimate of drug-likeness (QED) is 0.765. The fourth-order valence-electron chi connectivity index (χ4n) is 4.09. The molecule has 31 heavy (non-hydrogen) atoms. The van der Waals surface area contributed by atoms with Crippen LogP contribution in [0.1, 0.15) is 23.5 Å². The van der Waals surface area contributed by atoms with Crippen molar-refractivity contribution in [3.63, 3.8) is 0 Å². The molecule has 1 saturated heterocycles. The summed E-state index contributed by atoms with van der Waals surface area (Å²) in [6.45, 7) is 0. The Balaban J connectivity index is 1.83. The van der Waals surface area contributed by atoms with E-state index in [1.54, 1.807) is 63.8 Å². The van der Waals surface area contributed by atoms with E-state index >= 15 is 0 Å². The van der Waals surface area contributed by atoms with Crippen molar-refractivity contribution in [3.8, 4) is 23.3 Å². The first-order chi connectivity index (χ1) is 15.0. The molecule has 2 aromatic carbocycles. The predicted octanol–water partition coefficient (Wildman–Crippen LogP) is 3.36. The number of allylic oxidation sites excluding steroid dienone is 1. The van der Waals surface area contributed by atoms with E-state index in [9.17, 15) is 15.2 Å². The van der Waals surface area contributed by atoms with E-state index in [0.29, 0.717) is 39.0 Å². The van der Waals surface area contributed by atoms with E-state index in [-0.39, 0.29) is 18.1 Å². The number of benzene rings is 2. The molecule has 0 aromatic heterocycles. The first kappa shape index (κ1) is 21.1. The molecule has 2 aromatic rings. The molecule has 1 fully saturated rings. The van der Waals surface area contributed by atoms with Gasteiger partial charge in [-0.25, -0.2) is 0 Å². The van der Waals surface area contributed by atoms with Crippen LogP contribution in [0, 0.1) is 11.3 Å². The number of aliphatic hydroxyl groups is 1. The molecule has 160 valence electrons. The number of thioether (sulfide) groups is 1. The van der Waals surface area contributed by atoms with Gasteiger partial charge < -0.3 is 19.3 Å². The second-order valence-electron chi connectivity index (χ2n) is 7.26. The maximum Gasteiger partial charge on any atom is 0.231 e. The van der Waals surface area contributed by atoms with Crippen molar-refractivity contribution >= 4 is 17.7 Å². The molecule has 0 aliphatic carbocycles. The SMILES string of the molecule is COc1cccc([C@@]2(O)CSC3=C(C#N)[C@@H](c4cc(OC)ccc4OC)CC(=O)N32)c1. The second-order valence-corrected chi connectivity index (χ2v) is 8.23. The van der Waals surface area contributed by atoms with Gasteiger partial charge in [0.2, 0.25) is 5.91 Å². The van der Waals surface area contributed by atoms with Crippen molar-refractivity contribution in [2.45, 2.75) is 18.1 Å². The van der Waals surface area contributed by atoms with E-state index in [2.05, 4.69) is 6.07 Å². The number of methoxy groups -OCH3 is 3. The number of hydrogen-bond acceptors (Lipinski definition) is 7. The van der Waals surface area contributed by atoms with Crippen molar-refractivity contribution in [1.29, 1.82) is 5.26 Å². The molecule has 2 heterocycles. The van der Waals surface area contributed by atoms with Crippen LogP contribution in [0.4, 0.5) is 0 Å². The van der Waals surface area contributed by atoms with Crippen molar-refractivity contribution in [2.24, 2.45) is 0 Å². The monoisotopic (exact) mass is 438 g/mol. The summed E-state index contributed by atoms with van der Waals surface area (Å²) >= 11 is 1.30. The number of nitriles is 1. The summed E-state index contributed by atoms with van der Waals surface area (Å²) in [5.41, 5.74) is 0.112. The summed E-state index contributed by atoms with van der Waals surface area (Å²) in [5, 5.41) is 22.0. The third-order valence-corrected chi connectivity index (χ3v) is 6.88. The first-order valence-corrected chi connectivity index (χ1v) is 10.6. The zero-order valence-corrected chi connectivity index (χ0v) is 18.2. The normalized spacial score (nSPS) is 22.7. The first-order valence-electron chi connectivity index (χ1n) is 9.65. The van der Waals surface area contributed by atoms with Gasteiger partial charge in [0.1, 0.15) is 17.2 Å². The number of rotatable bonds is 5. The summed E-state index contributed by atoms with van der Waals surface area (Å²) in [5.74, 6) is 1.23. The van der Waals surface area contributed by atoms with Crippen molar-refractivity contribution in [3.05, 3.63) is 64.2 Å². The largest absolute Gasteiger partial charge is 0.497 e. The Bertz CT molecular complexity index is 1110. The Morgan fingerprint density at radius 1 is 1.13 bits per heavy atom. The molecule has 1 amide bonds. The number of ether oxygens (including phenoxy) is 3. The van der Waals surface area contributed by atoms with Gasteiger partial charge in [-0.3, -0.25) is 9.69 Å². The van der Waals surface area contributed by atoms with Crippen LogP contribution in [0.2, 0.25) is 0 Å². The highest BCUT2D eigenvalue weighted by atomic mass is 32.2. The maximum absolute atomic E-state index is 13.3. The van der Waals surface area contributed by atoms with Crippen LogP contribution >= 0.6 is 11.8 Å². The fraction of sp³-hybridized carbons (Fsp3) is 0.304. The molecule has 0 unspecified atom stereocenters. The molecule has 1 N–H and O–H groups in total. The van der Waals surface area contributed by atoms with Gasteiger partial charge in [0.05, 0.1) is 43.8 Å². The van der Waals surface area contributed by atoms with E-state index in [4.69, 9.17) is 14.2 Å². The van der Waals surface area contributed by atoms with Gasteiger partial charge in [-0.1, -0.05) is 12.1 Å². The zero-order valence-electron chi connectivity index (χ0n) is 17.4. The predicted molar refractivity (Wildman–Crippen MR) is 116 cm³/mol. The van der Waals surface area contributed by atoms with Crippen LogP contribution in [0.25, 0.3) is 0 Å². The van der Waals surface area contributed by atoms with Gasteiger partial charge >= 0.3 is 0 Å². The number of carbonyl (C=O) groups excluding carboxylic acids is 1. The van der Waals surface area contributed by atoms with Crippen LogP contribution < -0.4 is 14.2 Å². The molecule has 8 heteroatoms. The highest BCUT2D eigenvalue weighted by molar-refractivity contribution is 8.03. The molecular formula is C23H22N2O5S. The van der Waals surface area contributed by atoms with Gasteiger partial charge in [0, 0.05) is 23.5 Å². The third kappa shape index (κ3) is 3.40. The number of carbonyl (C=O) groups is 1. The van der Waals surface area contributed by atoms with Gasteiger partial charge in [-0.05, 0) is 30.3 Å². The van der Waals surface area contributed by atoms with E-state index in [1.807, 2.05) is 0 Å². The summed E-state index contributed by atoms with van der Waals surface area (Å²) in [6.07, 6.45) is 0.0305. The standard InChI is InChI=1S/C23H22N2O5S/c1-28-15-6-4-5-14(9-15)23(27)13-31-22-19(12-24)17(11-21(26)25(22)23)18-10-16(29-2)7-8-20(18)30-3/h4-10,17,27H,11,13H2,1-3H3/t17-,23+/m1/s1. The molecule has 7 nitrogen and oxygen atoms in total. The topological polar surface area (TPSA) is 92.0 Å². The average molecular weight is 439 g/mol. The van der Waals surface area contributed by atoms with Crippen LogP contribution in [0.3, 0.4) is 0 Å². The molecule has 0 saturated carbocycles. The second kappa shape index (κ2) is 8.17. The molecule has 2 aliphatic rings. The Kier molecular flexibility index (Phi) is 5.56. The third-order valence-electron chi connectivity index (χ3n) is 5.65.